The average Bonchev–Trinajstić information content (AvgIpc) is 2.56. The van der Waals surface area contributed by atoms with Crippen LogP contribution in [0.25, 0.3) is 0 Å². The highest BCUT2D eigenvalue weighted by Gasteiger charge is 2.62. The van der Waals surface area contributed by atoms with Crippen molar-refractivity contribution in [1.82, 2.24) is 0 Å². The first-order valence-electron chi connectivity index (χ1n) is 8.79. The molecule has 0 radical (unpaired) electrons. The van der Waals surface area contributed by atoms with Crippen LogP contribution in [0.3, 0.4) is 0 Å². The normalized spacial score (nSPS) is 27.2. The lowest BCUT2D eigenvalue weighted by molar-refractivity contribution is -0.202. The molecule has 0 heterocycles. The van der Waals surface area contributed by atoms with E-state index in [2.05, 4.69) is 27.1 Å². The zero-order valence-corrected chi connectivity index (χ0v) is 24.9. The molecule has 0 saturated heterocycles. The van der Waals surface area contributed by atoms with E-state index in [4.69, 9.17) is 78.0 Å². The zero-order chi connectivity index (χ0) is 33.2. The van der Waals surface area contributed by atoms with Crippen LogP contribution in [0.2, 0.25) is 0 Å². The monoisotopic (exact) mass is 758 g/mol. The van der Waals surface area contributed by atoms with Gasteiger partial charge >= 0.3 is 54.8 Å². The van der Waals surface area contributed by atoms with Crippen molar-refractivity contribution in [2.24, 2.45) is 0 Å². The summed E-state index contributed by atoms with van der Waals surface area (Å²) >= 11 is 0. The molecule has 0 bridgehead atoms. The molecule has 248 valence electrons. The van der Waals surface area contributed by atoms with E-state index in [1.165, 1.54) is 0 Å². The summed E-state index contributed by atoms with van der Waals surface area (Å²) in [6.07, 6.45) is -18.9. The van der Waals surface area contributed by atoms with Crippen molar-refractivity contribution in [3.8, 4) is 0 Å². The molecule has 35 heteroatoms. The maximum absolute atomic E-state index is 11.4. The molecule has 1 aliphatic carbocycles. The molecule has 15 N–H and O–H groups in total. The number of hydrogen-bond donors (Lipinski definition) is 15. The fraction of sp³-hybridized carbons (Fsp3) is 1.00. The van der Waals surface area contributed by atoms with Crippen LogP contribution in [0.5, 0.6) is 0 Å². The molecule has 28 nitrogen and oxygen atoms in total. The standard InChI is InChI=1S/C6H18O24P6.H3O4P/c7-31(8,9)25-1-2(26-32(10,11)12)4(28-34(16,17)18)6(30-36(22,23)24)5(29-35(19,20)21)3(1)27-33(13,14)15;1-5(2,3)4/h1-6H,(H2,7,8,9)(H2,10,11,12)(H2,13,14,15)(H2,16,17,18)(H2,19,20,21)(H2,22,23,24);(H3,1,2,3,4). The van der Waals surface area contributed by atoms with Gasteiger partial charge in [0.1, 0.15) is 36.6 Å². The fourth-order valence-corrected chi connectivity index (χ4v) is 6.14. The number of hydrogen-bond acceptors (Lipinski definition) is 13. The van der Waals surface area contributed by atoms with E-state index in [-0.39, 0.29) is 0 Å². The minimum absolute atomic E-state index is 3.14. The summed E-state index contributed by atoms with van der Waals surface area (Å²) in [5, 5.41) is 0. The van der Waals surface area contributed by atoms with E-state index >= 15 is 0 Å². The number of phosphoric ester groups is 6. The van der Waals surface area contributed by atoms with Crippen LogP contribution in [0.1, 0.15) is 0 Å². The first-order valence-corrected chi connectivity index (χ1v) is 19.5. The van der Waals surface area contributed by atoms with Crippen molar-refractivity contribution in [2.45, 2.75) is 36.6 Å². The van der Waals surface area contributed by atoms with Gasteiger partial charge in [-0.3, -0.25) is 27.1 Å². The van der Waals surface area contributed by atoms with Gasteiger partial charge in [0.2, 0.25) is 0 Å². The Morgan fingerprint density at radius 1 is 0.268 bits per heavy atom. The molecular weight excluding hydrogens is 737 g/mol. The molecule has 0 unspecified atom stereocenters. The molecule has 0 aromatic carbocycles. The lowest BCUT2D eigenvalue weighted by atomic mass is 9.85. The van der Waals surface area contributed by atoms with Crippen LogP contribution >= 0.6 is 54.8 Å². The van der Waals surface area contributed by atoms with Crippen molar-refractivity contribution in [1.29, 1.82) is 0 Å². The summed E-state index contributed by atoms with van der Waals surface area (Å²) in [4.78, 5) is 131. The zero-order valence-electron chi connectivity index (χ0n) is 18.6. The summed E-state index contributed by atoms with van der Waals surface area (Å²) in [6, 6.07) is 0. The Morgan fingerprint density at radius 3 is 0.390 bits per heavy atom. The second-order valence-corrected chi connectivity index (χ2v) is 15.1. The van der Waals surface area contributed by atoms with E-state index < -0.39 is 91.4 Å². The predicted octanol–water partition coefficient (Wildman–Crippen LogP) is -4.06. The molecule has 1 saturated carbocycles. The number of rotatable bonds is 12. The molecule has 0 aromatic heterocycles. The molecular formula is C6H21O28P7. The summed E-state index contributed by atoms with van der Waals surface area (Å²) < 4.78 is 102. The molecule has 0 aliphatic heterocycles. The minimum Gasteiger partial charge on any atom is -0.303 e. The lowest BCUT2D eigenvalue weighted by Gasteiger charge is -2.48. The van der Waals surface area contributed by atoms with Gasteiger partial charge in [-0.25, -0.2) is 32.0 Å². The molecule has 0 aromatic rings. The highest BCUT2D eigenvalue weighted by molar-refractivity contribution is 7.48. The Balaban J connectivity index is 0.00000292. The fourth-order valence-electron chi connectivity index (χ4n) is 2.79. The second-order valence-electron chi connectivity index (χ2n) is 6.88. The van der Waals surface area contributed by atoms with Crippen molar-refractivity contribution in [3.05, 3.63) is 0 Å². The average molecular weight is 758 g/mol. The van der Waals surface area contributed by atoms with Gasteiger partial charge in [0.15, 0.2) is 0 Å². The number of phosphoric acid groups is 7. The van der Waals surface area contributed by atoms with Gasteiger partial charge < -0.3 is 73.4 Å². The van der Waals surface area contributed by atoms with Gasteiger partial charge in [-0.1, -0.05) is 0 Å². The molecule has 1 rings (SSSR count). The minimum atomic E-state index is -6.02. The van der Waals surface area contributed by atoms with Crippen LogP contribution in [0.15, 0.2) is 0 Å². The molecule has 0 amide bonds. The van der Waals surface area contributed by atoms with Crippen LogP contribution in [-0.2, 0) is 59.1 Å². The van der Waals surface area contributed by atoms with E-state index in [0.29, 0.717) is 0 Å². The predicted molar refractivity (Wildman–Crippen MR) is 116 cm³/mol. The van der Waals surface area contributed by atoms with Crippen molar-refractivity contribution >= 4 is 54.8 Å². The summed E-state index contributed by atoms with van der Waals surface area (Å²) in [5.74, 6) is 0. The summed E-state index contributed by atoms with van der Waals surface area (Å²) in [7, 11) is -40.7. The molecule has 41 heavy (non-hydrogen) atoms. The molecule has 0 spiro atoms. The van der Waals surface area contributed by atoms with Gasteiger partial charge in [-0.05, 0) is 0 Å². The molecule has 0 atom stereocenters. The topological polar surface area (TPSA) is 478 Å². The van der Waals surface area contributed by atoms with Gasteiger partial charge in [0.05, 0.1) is 0 Å². The van der Waals surface area contributed by atoms with Crippen molar-refractivity contribution in [3.63, 3.8) is 0 Å². The van der Waals surface area contributed by atoms with Gasteiger partial charge in [-0.15, -0.1) is 0 Å². The lowest BCUT2D eigenvalue weighted by Crippen LogP contribution is -2.66. The Morgan fingerprint density at radius 2 is 0.341 bits per heavy atom. The Hall–Kier alpha value is 0.770. The SMILES string of the molecule is O=P(O)(O)O.O=P(O)(O)OC1C(OP(=O)(O)O)C(OP(=O)(O)O)C(OP(=O)(O)O)C(OP(=O)(O)O)C1OP(=O)(O)O. The largest absolute Gasteiger partial charge is 0.470 e. The third-order valence-electron chi connectivity index (χ3n) is 3.50. The smallest absolute Gasteiger partial charge is 0.303 e. The van der Waals surface area contributed by atoms with E-state index in [1.807, 2.05) is 0 Å². The Labute approximate surface area is 224 Å². The van der Waals surface area contributed by atoms with Crippen LogP contribution in [0, 0.1) is 0 Å². The van der Waals surface area contributed by atoms with Crippen LogP contribution < -0.4 is 0 Å². The summed E-state index contributed by atoms with van der Waals surface area (Å²) in [5.41, 5.74) is 0. The van der Waals surface area contributed by atoms with E-state index in [0.717, 1.165) is 0 Å². The Bertz CT molecular complexity index is 961. The van der Waals surface area contributed by atoms with Crippen molar-refractivity contribution in [2.75, 3.05) is 0 Å². The third-order valence-corrected chi connectivity index (χ3v) is 6.61. The molecule has 1 aliphatic rings. The highest BCUT2D eigenvalue weighted by Crippen LogP contribution is 2.57. The van der Waals surface area contributed by atoms with E-state index in [9.17, 15) is 27.4 Å². The van der Waals surface area contributed by atoms with Gasteiger partial charge in [0.25, 0.3) is 0 Å². The quantitative estimate of drug-likeness (QED) is 0.0842. The van der Waals surface area contributed by atoms with Crippen LogP contribution in [0.4, 0.5) is 0 Å². The van der Waals surface area contributed by atoms with E-state index in [1.54, 1.807) is 0 Å². The summed E-state index contributed by atoms with van der Waals surface area (Å²) in [6.45, 7) is 0. The maximum Gasteiger partial charge on any atom is 0.470 e. The van der Waals surface area contributed by atoms with Gasteiger partial charge in [0, 0.05) is 0 Å². The first-order chi connectivity index (χ1) is 17.6. The second kappa shape index (κ2) is 14.5. The first kappa shape index (κ1) is 41.8. The Kier molecular flexibility index (Phi) is 14.7. The van der Waals surface area contributed by atoms with Gasteiger partial charge in [-0.2, -0.15) is 0 Å². The highest BCUT2D eigenvalue weighted by atomic mass is 31.2. The van der Waals surface area contributed by atoms with Crippen molar-refractivity contribution < 1.29 is 132 Å². The maximum atomic E-state index is 11.4. The molecule has 1 fully saturated rings. The van der Waals surface area contributed by atoms with Crippen LogP contribution in [-0.4, -0.2) is 110 Å². The third kappa shape index (κ3) is 20.4.